The first kappa shape index (κ1) is 23.1. The third kappa shape index (κ3) is 4.67. The zero-order chi connectivity index (χ0) is 23.6. The Balaban J connectivity index is 1.85. The van der Waals surface area contributed by atoms with Crippen molar-refractivity contribution >= 4 is 21.7 Å². The van der Waals surface area contributed by atoms with Crippen LogP contribution in [0.4, 0.5) is 5.69 Å². The van der Waals surface area contributed by atoms with Gasteiger partial charge in [0.2, 0.25) is 0 Å². The predicted molar refractivity (Wildman–Crippen MR) is 130 cm³/mol. The smallest absolute Gasteiger partial charge is 0.307 e. The number of carbonyl (C=O) groups is 1. The number of benzene rings is 3. The molecule has 172 valence electrons. The van der Waals surface area contributed by atoms with Gasteiger partial charge in [0.05, 0.1) is 29.7 Å². The van der Waals surface area contributed by atoms with Crippen LogP contribution in [0.1, 0.15) is 41.5 Å². The zero-order valence-corrected chi connectivity index (χ0v) is 20.0. The molecule has 3 aromatic rings. The van der Waals surface area contributed by atoms with Crippen LogP contribution in [0.5, 0.6) is 0 Å². The molecule has 0 aliphatic carbocycles. The van der Waals surface area contributed by atoms with Crippen molar-refractivity contribution in [3.8, 4) is 0 Å². The topological polar surface area (TPSA) is 63.7 Å². The average Bonchev–Trinajstić information content (AvgIpc) is 3.08. The van der Waals surface area contributed by atoms with E-state index < -0.39 is 22.0 Å². The monoisotopic (exact) mass is 463 g/mol. The van der Waals surface area contributed by atoms with Crippen molar-refractivity contribution in [2.45, 2.75) is 50.5 Å². The lowest BCUT2D eigenvalue weighted by atomic mass is 9.87. The van der Waals surface area contributed by atoms with Gasteiger partial charge in [-0.1, -0.05) is 65.7 Å². The molecule has 0 fully saturated rings. The van der Waals surface area contributed by atoms with E-state index in [1.165, 1.54) is 4.31 Å². The fourth-order valence-corrected chi connectivity index (χ4v) is 6.29. The summed E-state index contributed by atoms with van der Waals surface area (Å²) in [7, 11) is -3.89. The molecule has 4 rings (SSSR count). The Bertz CT molecular complexity index is 1240. The molecule has 3 aromatic carbocycles. The minimum absolute atomic E-state index is 0.00976. The van der Waals surface area contributed by atoms with Gasteiger partial charge in [-0.3, -0.25) is 9.10 Å². The number of aryl methyl sites for hydroxylation is 2. The molecule has 1 heterocycles. The largest absolute Gasteiger partial charge is 0.466 e. The molecule has 1 aliphatic heterocycles. The number of nitrogens with zero attached hydrogens (tertiary/aromatic N) is 1. The highest BCUT2D eigenvalue weighted by molar-refractivity contribution is 7.92. The second-order valence-corrected chi connectivity index (χ2v) is 10.4. The average molecular weight is 464 g/mol. The highest BCUT2D eigenvalue weighted by atomic mass is 32.2. The SMILES string of the molecule is CCOC(=O)C[C@@H]1[C@@H](Cc2ccccc2)c2cc(C)ccc2N1S(=O)(=O)c1ccc(C)cc1. The molecule has 0 radical (unpaired) electrons. The maximum atomic E-state index is 13.9. The third-order valence-corrected chi connectivity index (χ3v) is 8.00. The van der Waals surface area contributed by atoms with Crippen LogP contribution >= 0.6 is 0 Å². The molecule has 33 heavy (non-hydrogen) atoms. The standard InChI is InChI=1S/C27H29NO4S/c1-4-32-27(29)18-26-24(17-21-8-6-5-7-9-21)23-16-20(3)12-15-25(23)28(26)33(30,31)22-13-10-19(2)11-14-22/h5-16,24,26H,4,17-18H2,1-3H3/t24-,26+/m0/s1. The maximum absolute atomic E-state index is 13.9. The van der Waals surface area contributed by atoms with Gasteiger partial charge in [-0.15, -0.1) is 0 Å². The number of carbonyl (C=O) groups excluding carboxylic acids is 1. The van der Waals surface area contributed by atoms with Crippen LogP contribution < -0.4 is 4.31 Å². The van der Waals surface area contributed by atoms with E-state index in [4.69, 9.17) is 4.74 Å². The molecule has 0 bridgehead atoms. The van der Waals surface area contributed by atoms with E-state index in [0.29, 0.717) is 12.1 Å². The van der Waals surface area contributed by atoms with Gasteiger partial charge < -0.3 is 4.74 Å². The lowest BCUT2D eigenvalue weighted by Crippen LogP contribution is -2.41. The summed E-state index contributed by atoms with van der Waals surface area (Å²) in [5, 5.41) is 0. The van der Waals surface area contributed by atoms with Gasteiger partial charge in [0.1, 0.15) is 0 Å². The summed E-state index contributed by atoms with van der Waals surface area (Å²) in [5.41, 5.74) is 4.71. The van der Waals surface area contributed by atoms with Crippen LogP contribution in [-0.4, -0.2) is 27.0 Å². The Kier molecular flexibility index (Phi) is 6.56. The van der Waals surface area contributed by atoms with Gasteiger partial charge in [0.15, 0.2) is 0 Å². The molecule has 0 unspecified atom stereocenters. The Labute approximate surface area is 196 Å². The molecule has 0 N–H and O–H groups in total. The lowest BCUT2D eigenvalue weighted by molar-refractivity contribution is -0.143. The summed E-state index contributed by atoms with van der Waals surface area (Å²) >= 11 is 0. The van der Waals surface area contributed by atoms with Crippen molar-refractivity contribution in [2.75, 3.05) is 10.9 Å². The Morgan fingerprint density at radius 3 is 2.27 bits per heavy atom. The Morgan fingerprint density at radius 1 is 0.939 bits per heavy atom. The summed E-state index contributed by atoms with van der Waals surface area (Å²) in [6.45, 7) is 5.93. The van der Waals surface area contributed by atoms with Crippen LogP contribution in [0.25, 0.3) is 0 Å². The van der Waals surface area contributed by atoms with Gasteiger partial charge in [-0.05, 0) is 56.5 Å². The first-order valence-electron chi connectivity index (χ1n) is 11.2. The molecule has 5 nitrogen and oxygen atoms in total. The van der Waals surface area contributed by atoms with Crippen molar-refractivity contribution in [1.82, 2.24) is 0 Å². The van der Waals surface area contributed by atoms with E-state index in [1.54, 1.807) is 31.2 Å². The predicted octanol–water partition coefficient (Wildman–Crippen LogP) is 5.16. The quantitative estimate of drug-likeness (QED) is 0.454. The van der Waals surface area contributed by atoms with E-state index in [-0.39, 0.29) is 23.8 Å². The number of esters is 1. The van der Waals surface area contributed by atoms with Crippen molar-refractivity contribution in [1.29, 1.82) is 0 Å². The van der Waals surface area contributed by atoms with Gasteiger partial charge in [-0.2, -0.15) is 0 Å². The van der Waals surface area contributed by atoms with Crippen LogP contribution in [-0.2, 0) is 26.0 Å². The molecule has 0 spiro atoms. The van der Waals surface area contributed by atoms with Crippen LogP contribution in [0.3, 0.4) is 0 Å². The molecular weight excluding hydrogens is 434 g/mol. The Morgan fingerprint density at radius 2 is 1.61 bits per heavy atom. The zero-order valence-electron chi connectivity index (χ0n) is 19.2. The summed E-state index contributed by atoms with van der Waals surface area (Å²) < 4.78 is 34.5. The lowest BCUT2D eigenvalue weighted by Gasteiger charge is -2.29. The van der Waals surface area contributed by atoms with Gasteiger partial charge >= 0.3 is 5.97 Å². The molecule has 0 saturated carbocycles. The van der Waals surface area contributed by atoms with E-state index in [0.717, 1.165) is 22.3 Å². The number of anilines is 1. The van der Waals surface area contributed by atoms with Crippen molar-refractivity contribution in [3.05, 3.63) is 95.1 Å². The van der Waals surface area contributed by atoms with E-state index in [2.05, 4.69) is 0 Å². The minimum atomic E-state index is -3.89. The molecule has 6 heteroatoms. The highest BCUT2D eigenvalue weighted by Crippen LogP contribution is 2.47. The second kappa shape index (κ2) is 9.40. The van der Waals surface area contributed by atoms with Crippen LogP contribution in [0.15, 0.2) is 77.7 Å². The van der Waals surface area contributed by atoms with Crippen molar-refractivity contribution < 1.29 is 17.9 Å². The first-order chi connectivity index (χ1) is 15.8. The van der Waals surface area contributed by atoms with Gasteiger partial charge in [0, 0.05) is 5.92 Å². The van der Waals surface area contributed by atoms with E-state index in [1.807, 2.05) is 62.4 Å². The number of fused-ring (bicyclic) bond motifs is 1. The molecule has 0 saturated heterocycles. The number of sulfonamides is 1. The number of hydrogen-bond acceptors (Lipinski definition) is 4. The normalized spacial score (nSPS) is 17.6. The maximum Gasteiger partial charge on any atom is 0.307 e. The fourth-order valence-electron chi connectivity index (χ4n) is 4.58. The van der Waals surface area contributed by atoms with Crippen LogP contribution in [0.2, 0.25) is 0 Å². The van der Waals surface area contributed by atoms with Gasteiger partial charge in [-0.25, -0.2) is 8.42 Å². The minimum Gasteiger partial charge on any atom is -0.466 e. The number of ether oxygens (including phenoxy) is 1. The molecule has 0 amide bonds. The number of rotatable bonds is 7. The first-order valence-corrected chi connectivity index (χ1v) is 12.7. The third-order valence-electron chi connectivity index (χ3n) is 6.14. The molecular formula is C27H29NO4S. The Hall–Kier alpha value is -3.12. The van der Waals surface area contributed by atoms with E-state index >= 15 is 0 Å². The summed E-state index contributed by atoms with van der Waals surface area (Å²) in [6.07, 6.45) is 0.617. The van der Waals surface area contributed by atoms with Crippen molar-refractivity contribution in [2.24, 2.45) is 0 Å². The second-order valence-electron chi connectivity index (χ2n) is 8.55. The number of hydrogen-bond donors (Lipinski definition) is 0. The summed E-state index contributed by atoms with van der Waals surface area (Å²) in [5.74, 6) is -0.568. The highest BCUT2D eigenvalue weighted by Gasteiger charge is 2.45. The molecule has 1 aliphatic rings. The summed E-state index contributed by atoms with van der Waals surface area (Å²) in [6, 6.07) is 22.1. The summed E-state index contributed by atoms with van der Waals surface area (Å²) in [4.78, 5) is 12.8. The van der Waals surface area contributed by atoms with Gasteiger partial charge in [0.25, 0.3) is 10.0 Å². The van der Waals surface area contributed by atoms with E-state index in [9.17, 15) is 13.2 Å². The molecule has 2 atom stereocenters. The van der Waals surface area contributed by atoms with Crippen molar-refractivity contribution in [3.63, 3.8) is 0 Å². The fraction of sp³-hybridized carbons (Fsp3) is 0.296. The van der Waals surface area contributed by atoms with Crippen LogP contribution in [0, 0.1) is 13.8 Å². The molecule has 0 aromatic heterocycles.